The number of carbonyl (C=O) groups is 2. The highest BCUT2D eigenvalue weighted by atomic mass is 16.4. The molecule has 4 rings (SSSR count). The molecule has 2 aromatic heterocycles. The van der Waals surface area contributed by atoms with Crippen LogP contribution in [0.25, 0.3) is 11.0 Å². The number of anilines is 1. The van der Waals surface area contributed by atoms with Gasteiger partial charge in [-0.25, -0.2) is 14.5 Å². The molecule has 1 amide bonds. The second-order valence-corrected chi connectivity index (χ2v) is 7.87. The van der Waals surface area contributed by atoms with Crippen LogP contribution in [0.3, 0.4) is 0 Å². The third kappa shape index (κ3) is 4.38. The van der Waals surface area contributed by atoms with Gasteiger partial charge in [-0.3, -0.25) is 4.79 Å². The van der Waals surface area contributed by atoms with E-state index in [9.17, 15) is 14.7 Å². The fourth-order valence-corrected chi connectivity index (χ4v) is 4.19. The number of amides is 1. The van der Waals surface area contributed by atoms with Crippen LogP contribution in [0.2, 0.25) is 0 Å². The highest BCUT2D eigenvalue weighted by Crippen LogP contribution is 2.30. The SMILES string of the molecule is CCn1ncc2c(NC3CCCCC3)c(C(=O)NCc3ccccc3C(=O)O)cnc21. The Morgan fingerprint density at radius 1 is 1.13 bits per heavy atom. The molecule has 1 fully saturated rings. The summed E-state index contributed by atoms with van der Waals surface area (Å²) < 4.78 is 1.81. The predicted octanol–water partition coefficient (Wildman–Crippen LogP) is 3.82. The molecule has 1 aromatic carbocycles. The van der Waals surface area contributed by atoms with Crippen molar-refractivity contribution in [1.29, 1.82) is 0 Å². The minimum atomic E-state index is -1.01. The van der Waals surface area contributed by atoms with Crippen molar-refractivity contribution < 1.29 is 14.7 Å². The monoisotopic (exact) mass is 421 g/mol. The Morgan fingerprint density at radius 3 is 2.65 bits per heavy atom. The lowest BCUT2D eigenvalue weighted by atomic mass is 9.95. The number of pyridine rings is 1. The molecule has 31 heavy (non-hydrogen) atoms. The number of hydrogen-bond acceptors (Lipinski definition) is 5. The van der Waals surface area contributed by atoms with Crippen molar-refractivity contribution in [2.24, 2.45) is 0 Å². The summed E-state index contributed by atoms with van der Waals surface area (Å²) >= 11 is 0. The first-order valence-corrected chi connectivity index (χ1v) is 10.8. The van der Waals surface area contributed by atoms with E-state index >= 15 is 0 Å². The van der Waals surface area contributed by atoms with E-state index < -0.39 is 5.97 Å². The maximum atomic E-state index is 13.1. The third-order valence-corrected chi connectivity index (χ3v) is 5.85. The number of aryl methyl sites for hydroxylation is 1. The van der Waals surface area contributed by atoms with E-state index in [1.165, 1.54) is 25.3 Å². The molecular formula is C23H27N5O3. The number of aromatic carboxylic acids is 1. The Hall–Kier alpha value is -3.42. The van der Waals surface area contributed by atoms with Crippen LogP contribution in [0, 0.1) is 0 Å². The molecule has 3 aromatic rings. The molecule has 0 aliphatic heterocycles. The lowest BCUT2D eigenvalue weighted by Gasteiger charge is -2.25. The maximum absolute atomic E-state index is 13.1. The largest absolute Gasteiger partial charge is 0.478 e. The Morgan fingerprint density at radius 2 is 1.90 bits per heavy atom. The van der Waals surface area contributed by atoms with Crippen molar-refractivity contribution in [3.63, 3.8) is 0 Å². The standard InChI is InChI=1S/C23H27N5O3/c1-2-28-21-18(14-26-28)20(27-16-9-4-3-5-10-16)19(13-24-21)22(29)25-12-15-8-6-7-11-17(15)23(30)31/h6-8,11,13-14,16H,2-5,9-10,12H2,1H3,(H,24,27)(H,25,29)(H,30,31). The summed E-state index contributed by atoms with van der Waals surface area (Å²) in [5.74, 6) is -1.31. The molecule has 0 saturated heterocycles. The summed E-state index contributed by atoms with van der Waals surface area (Å²) in [5, 5.41) is 21.1. The van der Waals surface area contributed by atoms with Crippen LogP contribution in [-0.2, 0) is 13.1 Å². The number of nitrogens with zero attached hydrogens (tertiary/aromatic N) is 3. The van der Waals surface area contributed by atoms with Crippen LogP contribution in [0.15, 0.2) is 36.7 Å². The Labute approximate surface area is 180 Å². The van der Waals surface area contributed by atoms with E-state index in [2.05, 4.69) is 20.7 Å². The summed E-state index contributed by atoms with van der Waals surface area (Å²) in [4.78, 5) is 29.1. The number of carbonyl (C=O) groups excluding carboxylic acids is 1. The van der Waals surface area contributed by atoms with E-state index in [0.717, 1.165) is 29.6 Å². The van der Waals surface area contributed by atoms with E-state index in [0.29, 0.717) is 23.7 Å². The van der Waals surface area contributed by atoms with Crippen molar-refractivity contribution in [1.82, 2.24) is 20.1 Å². The minimum Gasteiger partial charge on any atom is -0.478 e. The van der Waals surface area contributed by atoms with Gasteiger partial charge in [0.05, 0.1) is 28.4 Å². The van der Waals surface area contributed by atoms with Gasteiger partial charge in [0.2, 0.25) is 0 Å². The van der Waals surface area contributed by atoms with Crippen LogP contribution in [0.1, 0.15) is 65.3 Å². The van der Waals surface area contributed by atoms with Gasteiger partial charge in [0.1, 0.15) is 0 Å². The van der Waals surface area contributed by atoms with Gasteiger partial charge < -0.3 is 15.7 Å². The van der Waals surface area contributed by atoms with Gasteiger partial charge in [0.25, 0.3) is 5.91 Å². The Kier molecular flexibility index (Phi) is 6.16. The zero-order valence-electron chi connectivity index (χ0n) is 17.6. The van der Waals surface area contributed by atoms with Gasteiger partial charge in [0.15, 0.2) is 5.65 Å². The quantitative estimate of drug-likeness (QED) is 0.535. The normalized spacial score (nSPS) is 14.5. The molecule has 162 valence electrons. The van der Waals surface area contributed by atoms with E-state index in [1.54, 1.807) is 30.6 Å². The van der Waals surface area contributed by atoms with Gasteiger partial charge in [-0.1, -0.05) is 37.5 Å². The summed E-state index contributed by atoms with van der Waals surface area (Å²) in [5.41, 5.74) is 2.68. The number of fused-ring (bicyclic) bond motifs is 1. The fourth-order valence-electron chi connectivity index (χ4n) is 4.19. The van der Waals surface area contributed by atoms with Gasteiger partial charge in [0, 0.05) is 25.3 Å². The van der Waals surface area contributed by atoms with Crippen molar-refractivity contribution in [2.75, 3.05) is 5.32 Å². The van der Waals surface area contributed by atoms with E-state index in [1.807, 2.05) is 11.6 Å². The Bertz CT molecular complexity index is 1100. The molecule has 1 saturated carbocycles. The lowest BCUT2D eigenvalue weighted by molar-refractivity contribution is 0.0694. The average Bonchev–Trinajstić information content (AvgIpc) is 3.22. The first kappa shape index (κ1) is 20.8. The number of aromatic nitrogens is 3. The van der Waals surface area contributed by atoms with Crippen molar-refractivity contribution in [2.45, 2.75) is 58.2 Å². The number of nitrogens with one attached hydrogen (secondary N) is 2. The number of rotatable bonds is 7. The van der Waals surface area contributed by atoms with Crippen LogP contribution >= 0.6 is 0 Å². The topological polar surface area (TPSA) is 109 Å². The summed E-state index contributed by atoms with van der Waals surface area (Å²) in [6, 6.07) is 6.98. The maximum Gasteiger partial charge on any atom is 0.336 e. The molecule has 0 atom stereocenters. The lowest BCUT2D eigenvalue weighted by Crippen LogP contribution is -2.28. The zero-order valence-corrected chi connectivity index (χ0v) is 17.6. The molecule has 3 N–H and O–H groups in total. The molecule has 8 heteroatoms. The van der Waals surface area contributed by atoms with Crippen molar-refractivity contribution in [3.8, 4) is 0 Å². The molecule has 0 unspecified atom stereocenters. The molecule has 8 nitrogen and oxygen atoms in total. The second kappa shape index (κ2) is 9.16. The van der Waals surface area contributed by atoms with Crippen molar-refractivity contribution in [3.05, 3.63) is 53.3 Å². The fraction of sp³-hybridized carbons (Fsp3) is 0.391. The Balaban J connectivity index is 1.63. The first-order chi connectivity index (χ1) is 15.1. The molecular weight excluding hydrogens is 394 g/mol. The smallest absolute Gasteiger partial charge is 0.336 e. The number of carboxylic acid groups (broad SMARTS) is 1. The highest BCUT2D eigenvalue weighted by molar-refractivity contribution is 6.06. The molecule has 1 aliphatic carbocycles. The molecule has 0 spiro atoms. The summed E-state index contributed by atoms with van der Waals surface area (Å²) in [6.07, 6.45) is 9.07. The van der Waals surface area contributed by atoms with Gasteiger partial charge in [-0.15, -0.1) is 0 Å². The predicted molar refractivity (Wildman–Crippen MR) is 118 cm³/mol. The molecule has 2 heterocycles. The molecule has 0 radical (unpaired) electrons. The van der Waals surface area contributed by atoms with E-state index in [-0.39, 0.29) is 18.0 Å². The molecule has 1 aliphatic rings. The van der Waals surface area contributed by atoms with Gasteiger partial charge in [-0.05, 0) is 31.4 Å². The number of benzene rings is 1. The number of hydrogen-bond donors (Lipinski definition) is 3. The first-order valence-electron chi connectivity index (χ1n) is 10.8. The molecule has 0 bridgehead atoms. The average molecular weight is 422 g/mol. The van der Waals surface area contributed by atoms with Crippen LogP contribution in [0.4, 0.5) is 5.69 Å². The highest BCUT2D eigenvalue weighted by Gasteiger charge is 2.22. The van der Waals surface area contributed by atoms with Crippen molar-refractivity contribution >= 4 is 28.6 Å². The van der Waals surface area contributed by atoms with Crippen LogP contribution in [0.5, 0.6) is 0 Å². The second-order valence-electron chi connectivity index (χ2n) is 7.87. The van der Waals surface area contributed by atoms with E-state index in [4.69, 9.17) is 0 Å². The third-order valence-electron chi connectivity index (χ3n) is 5.85. The number of carboxylic acids is 1. The van der Waals surface area contributed by atoms with Crippen LogP contribution < -0.4 is 10.6 Å². The minimum absolute atomic E-state index is 0.121. The van der Waals surface area contributed by atoms with Crippen LogP contribution in [-0.4, -0.2) is 37.8 Å². The summed E-state index contributed by atoms with van der Waals surface area (Å²) in [6.45, 7) is 2.82. The van der Waals surface area contributed by atoms with Gasteiger partial charge >= 0.3 is 5.97 Å². The zero-order chi connectivity index (χ0) is 21.8. The van der Waals surface area contributed by atoms with Gasteiger partial charge in [-0.2, -0.15) is 5.10 Å². The summed E-state index contributed by atoms with van der Waals surface area (Å²) in [7, 11) is 0.